The Morgan fingerprint density at radius 1 is 1.33 bits per heavy atom. The Morgan fingerprint density at radius 3 is 2.67 bits per heavy atom. The fourth-order valence-corrected chi connectivity index (χ4v) is 3.30. The number of benzene rings is 1. The first-order chi connectivity index (χ1) is 11.6. The minimum absolute atomic E-state index is 0.0865. The van der Waals surface area contributed by atoms with Crippen molar-refractivity contribution in [1.82, 2.24) is 9.47 Å². The van der Waals surface area contributed by atoms with Crippen molar-refractivity contribution in [1.29, 1.82) is 0 Å². The van der Waals surface area contributed by atoms with Gasteiger partial charge < -0.3 is 15.2 Å². The van der Waals surface area contributed by atoms with Crippen LogP contribution in [0, 0.1) is 5.92 Å². The van der Waals surface area contributed by atoms with Crippen LogP contribution in [0.5, 0.6) is 0 Å². The Labute approximate surface area is 144 Å². The molecule has 2 aromatic rings. The van der Waals surface area contributed by atoms with Gasteiger partial charge in [-0.05, 0) is 43.7 Å². The summed E-state index contributed by atoms with van der Waals surface area (Å²) in [5.74, 6) is 0.716. The molecule has 1 atom stereocenters. The van der Waals surface area contributed by atoms with Crippen molar-refractivity contribution in [3.8, 4) is 0 Å². The number of carbonyl (C=O) groups is 1. The van der Waals surface area contributed by atoms with Crippen molar-refractivity contribution in [2.24, 2.45) is 5.92 Å². The fraction of sp³-hybridized carbons (Fsp3) is 0.450. The molecule has 24 heavy (non-hydrogen) atoms. The Kier molecular flexibility index (Phi) is 4.93. The van der Waals surface area contributed by atoms with E-state index < -0.39 is 0 Å². The van der Waals surface area contributed by atoms with Gasteiger partial charge in [0.15, 0.2) is 0 Å². The average molecular weight is 325 g/mol. The van der Waals surface area contributed by atoms with Gasteiger partial charge in [0.2, 0.25) is 0 Å². The molecule has 4 nitrogen and oxygen atoms in total. The molecule has 1 saturated carbocycles. The van der Waals surface area contributed by atoms with Crippen LogP contribution in [-0.4, -0.2) is 21.4 Å². The minimum Gasteiger partial charge on any atom is -0.397 e. The van der Waals surface area contributed by atoms with E-state index in [0.717, 1.165) is 13.0 Å². The zero-order chi connectivity index (χ0) is 17.1. The van der Waals surface area contributed by atoms with Gasteiger partial charge >= 0.3 is 0 Å². The molecule has 0 radical (unpaired) electrons. The van der Waals surface area contributed by atoms with E-state index in [1.165, 1.54) is 18.4 Å². The van der Waals surface area contributed by atoms with Crippen LogP contribution in [0.4, 0.5) is 5.69 Å². The molecule has 1 aromatic carbocycles. The van der Waals surface area contributed by atoms with Gasteiger partial charge in [0.25, 0.3) is 5.91 Å². The Morgan fingerprint density at radius 2 is 2.04 bits per heavy atom. The number of hydrogen-bond acceptors (Lipinski definition) is 2. The number of carbonyl (C=O) groups excluding carboxylic acids is 1. The number of aryl methyl sites for hydroxylation is 1. The number of nitrogen functional groups attached to an aromatic ring is 1. The lowest BCUT2D eigenvalue weighted by Gasteiger charge is -2.30. The molecule has 4 heteroatoms. The first-order valence-electron chi connectivity index (χ1n) is 8.90. The summed E-state index contributed by atoms with van der Waals surface area (Å²) in [7, 11) is 0. The molecule has 1 unspecified atom stereocenters. The Bertz CT molecular complexity index is 688. The van der Waals surface area contributed by atoms with Crippen LogP contribution in [0.25, 0.3) is 0 Å². The summed E-state index contributed by atoms with van der Waals surface area (Å²) in [6.45, 7) is 5.75. The molecule has 0 aliphatic heterocycles. The molecule has 0 bridgehead atoms. The zero-order valence-electron chi connectivity index (χ0n) is 14.6. The smallest absolute Gasteiger partial charge is 0.271 e. The highest BCUT2D eigenvalue weighted by atomic mass is 16.2. The fourth-order valence-electron chi connectivity index (χ4n) is 3.30. The van der Waals surface area contributed by atoms with Gasteiger partial charge in [0, 0.05) is 25.3 Å². The minimum atomic E-state index is 0.0865. The average Bonchev–Trinajstić information content (AvgIpc) is 3.36. The molecule has 1 heterocycles. The van der Waals surface area contributed by atoms with E-state index in [4.69, 9.17) is 5.73 Å². The maximum atomic E-state index is 13.3. The summed E-state index contributed by atoms with van der Waals surface area (Å²) in [5.41, 5.74) is 8.49. The van der Waals surface area contributed by atoms with E-state index in [1.807, 2.05) is 39.9 Å². The number of nitrogens with zero attached hydrogens (tertiary/aromatic N) is 2. The maximum absolute atomic E-state index is 13.3. The van der Waals surface area contributed by atoms with Crippen LogP contribution in [-0.2, 0) is 13.1 Å². The summed E-state index contributed by atoms with van der Waals surface area (Å²) in [5, 5.41) is 0. The van der Waals surface area contributed by atoms with Gasteiger partial charge in [-0.25, -0.2) is 0 Å². The van der Waals surface area contributed by atoms with E-state index in [2.05, 4.69) is 26.0 Å². The molecule has 3 rings (SSSR count). The van der Waals surface area contributed by atoms with Crippen molar-refractivity contribution < 1.29 is 4.79 Å². The predicted molar refractivity (Wildman–Crippen MR) is 97.6 cm³/mol. The predicted octanol–water partition coefficient (Wildman–Crippen LogP) is 3.92. The van der Waals surface area contributed by atoms with Crippen molar-refractivity contribution in [3.63, 3.8) is 0 Å². The maximum Gasteiger partial charge on any atom is 0.271 e. The number of aromatic nitrogens is 1. The summed E-state index contributed by atoms with van der Waals surface area (Å²) in [6, 6.07) is 12.3. The van der Waals surface area contributed by atoms with Crippen LogP contribution in [0.3, 0.4) is 0 Å². The molecule has 1 aliphatic rings. The second-order valence-electron chi connectivity index (χ2n) is 6.85. The van der Waals surface area contributed by atoms with Crippen molar-refractivity contribution in [2.45, 2.75) is 52.2 Å². The summed E-state index contributed by atoms with van der Waals surface area (Å²) in [4.78, 5) is 15.3. The topological polar surface area (TPSA) is 51.3 Å². The number of anilines is 1. The normalized spacial score (nSPS) is 15.2. The van der Waals surface area contributed by atoms with Gasteiger partial charge in [-0.3, -0.25) is 4.79 Å². The standard InChI is InChI=1S/C20H27N3O/c1-3-11-22-14-18(21)12-19(22)20(24)23(15(2)17-9-10-17)13-16-7-5-4-6-8-16/h4-8,12,14-15,17H,3,9-11,13,21H2,1-2H3. The number of nitrogens with two attached hydrogens (primary N) is 1. The highest BCUT2D eigenvalue weighted by Crippen LogP contribution is 2.36. The third-order valence-electron chi connectivity index (χ3n) is 4.85. The number of hydrogen-bond donors (Lipinski definition) is 1. The lowest BCUT2D eigenvalue weighted by Crippen LogP contribution is -2.40. The Balaban J connectivity index is 1.88. The van der Waals surface area contributed by atoms with E-state index in [-0.39, 0.29) is 11.9 Å². The van der Waals surface area contributed by atoms with Crippen molar-refractivity contribution in [2.75, 3.05) is 5.73 Å². The van der Waals surface area contributed by atoms with Crippen LogP contribution < -0.4 is 5.73 Å². The lowest BCUT2D eigenvalue weighted by molar-refractivity contribution is 0.0643. The van der Waals surface area contributed by atoms with Gasteiger partial charge in [-0.1, -0.05) is 37.3 Å². The monoisotopic (exact) mass is 325 g/mol. The highest BCUT2D eigenvalue weighted by Gasteiger charge is 2.35. The largest absolute Gasteiger partial charge is 0.397 e. The van der Waals surface area contributed by atoms with Crippen LogP contribution in [0.15, 0.2) is 42.6 Å². The van der Waals surface area contributed by atoms with Crippen LogP contribution in [0.2, 0.25) is 0 Å². The number of rotatable bonds is 7. The molecule has 0 saturated heterocycles. The first-order valence-corrected chi connectivity index (χ1v) is 8.90. The van der Waals surface area contributed by atoms with Crippen LogP contribution >= 0.6 is 0 Å². The molecule has 1 fully saturated rings. The summed E-state index contributed by atoms with van der Waals surface area (Å²) >= 11 is 0. The quantitative estimate of drug-likeness (QED) is 0.839. The first kappa shape index (κ1) is 16.6. The van der Waals surface area contributed by atoms with Crippen molar-refractivity contribution >= 4 is 11.6 Å². The molecule has 0 spiro atoms. The van der Waals surface area contributed by atoms with E-state index in [1.54, 1.807) is 0 Å². The molecule has 1 aromatic heterocycles. The third kappa shape index (κ3) is 3.64. The SMILES string of the molecule is CCCn1cc(N)cc1C(=O)N(Cc1ccccc1)C(C)C1CC1. The van der Waals surface area contributed by atoms with Crippen molar-refractivity contribution in [3.05, 3.63) is 53.9 Å². The zero-order valence-corrected chi connectivity index (χ0v) is 14.6. The van der Waals surface area contributed by atoms with Gasteiger partial charge in [-0.2, -0.15) is 0 Å². The molecule has 2 N–H and O–H groups in total. The van der Waals surface area contributed by atoms with E-state index in [9.17, 15) is 4.79 Å². The van der Waals surface area contributed by atoms with Gasteiger partial charge in [0.05, 0.1) is 5.69 Å². The third-order valence-corrected chi connectivity index (χ3v) is 4.85. The molecular weight excluding hydrogens is 298 g/mol. The summed E-state index contributed by atoms with van der Waals surface area (Å²) < 4.78 is 2.00. The molecule has 1 aliphatic carbocycles. The Hall–Kier alpha value is -2.23. The van der Waals surface area contributed by atoms with E-state index in [0.29, 0.717) is 23.8 Å². The molecule has 1 amide bonds. The number of amides is 1. The van der Waals surface area contributed by atoms with Gasteiger partial charge in [0.1, 0.15) is 5.69 Å². The molecule has 128 valence electrons. The highest BCUT2D eigenvalue weighted by molar-refractivity contribution is 5.94. The summed E-state index contributed by atoms with van der Waals surface area (Å²) in [6.07, 6.45) is 5.29. The second kappa shape index (κ2) is 7.12. The van der Waals surface area contributed by atoms with Gasteiger partial charge in [-0.15, -0.1) is 0 Å². The van der Waals surface area contributed by atoms with Crippen LogP contribution in [0.1, 0.15) is 49.2 Å². The second-order valence-corrected chi connectivity index (χ2v) is 6.85. The molecular formula is C20H27N3O. The lowest BCUT2D eigenvalue weighted by atomic mass is 10.1. The van der Waals surface area contributed by atoms with E-state index >= 15 is 0 Å².